The maximum Gasteiger partial charge on any atom is 0.416 e. The Hall–Kier alpha value is -4.96. The second-order valence-electron chi connectivity index (χ2n) is 10.4. The number of nitrogens with one attached hydrogen (secondary N) is 1. The number of nitro benzene ring substituents is 1. The van der Waals surface area contributed by atoms with Gasteiger partial charge in [-0.3, -0.25) is 33.9 Å². The third-order valence-electron chi connectivity index (χ3n) is 7.62. The van der Waals surface area contributed by atoms with Crippen LogP contribution in [0.2, 0.25) is 0 Å². The van der Waals surface area contributed by atoms with Crippen LogP contribution in [0.3, 0.4) is 0 Å². The molecule has 0 saturated carbocycles. The molecule has 16 heteroatoms. The third kappa shape index (κ3) is 5.53. The molecule has 2 aliphatic heterocycles. The number of fused-ring (bicyclic) bond motifs is 2. The number of alkyl halides is 3. The van der Waals surface area contributed by atoms with Gasteiger partial charge in [0.05, 0.1) is 34.2 Å². The van der Waals surface area contributed by atoms with Gasteiger partial charge in [0.2, 0.25) is 17.7 Å². The molecule has 3 amide bonds. The van der Waals surface area contributed by atoms with Crippen molar-refractivity contribution in [2.75, 3.05) is 17.3 Å². The molecule has 2 aliphatic rings. The Balaban J connectivity index is 1.37. The Morgan fingerprint density at radius 3 is 2.35 bits per heavy atom. The third-order valence-corrected chi connectivity index (χ3v) is 10.2. The van der Waals surface area contributed by atoms with Gasteiger partial charge in [0.1, 0.15) is 17.5 Å². The molecule has 2 unspecified atom stereocenters. The van der Waals surface area contributed by atoms with Gasteiger partial charge in [0.25, 0.3) is 5.69 Å². The predicted molar refractivity (Wildman–Crippen MR) is 162 cm³/mol. The highest BCUT2D eigenvalue weighted by molar-refractivity contribution is 8.00. The predicted octanol–water partition coefficient (Wildman–Crippen LogP) is 5.28. The van der Waals surface area contributed by atoms with Gasteiger partial charge in [-0.2, -0.15) is 13.2 Å². The molecule has 46 heavy (non-hydrogen) atoms. The summed E-state index contributed by atoms with van der Waals surface area (Å²) in [7, 11) is 1.48. The Morgan fingerprint density at radius 1 is 1.02 bits per heavy atom. The van der Waals surface area contributed by atoms with Crippen molar-refractivity contribution in [1.29, 1.82) is 0 Å². The van der Waals surface area contributed by atoms with E-state index < -0.39 is 62.9 Å². The van der Waals surface area contributed by atoms with E-state index in [2.05, 4.69) is 5.32 Å². The van der Waals surface area contributed by atoms with Crippen LogP contribution in [0.1, 0.15) is 21.9 Å². The molecule has 3 atom stereocenters. The molecule has 1 N–H and O–H groups in total. The average Bonchev–Trinajstić information content (AvgIpc) is 3.47. The molecule has 0 spiro atoms. The lowest BCUT2D eigenvalue weighted by Crippen LogP contribution is -2.33. The van der Waals surface area contributed by atoms with Crippen molar-refractivity contribution < 1.29 is 37.2 Å². The number of nitro groups is 1. The number of halogens is 3. The van der Waals surface area contributed by atoms with Crippen LogP contribution in [-0.2, 0) is 27.1 Å². The van der Waals surface area contributed by atoms with Crippen LogP contribution in [0.25, 0.3) is 0 Å². The van der Waals surface area contributed by atoms with Gasteiger partial charge in [-0.1, -0.05) is 41.3 Å². The van der Waals surface area contributed by atoms with Crippen molar-refractivity contribution in [3.8, 4) is 5.75 Å². The summed E-state index contributed by atoms with van der Waals surface area (Å²) in [4.78, 5) is 65.5. The fourth-order valence-corrected chi connectivity index (χ4v) is 8.29. The van der Waals surface area contributed by atoms with E-state index in [1.165, 1.54) is 37.4 Å². The maximum atomic E-state index is 14.0. The number of aromatic nitrogens is 1. The lowest BCUT2D eigenvalue weighted by Gasteiger charge is -2.30. The van der Waals surface area contributed by atoms with E-state index in [0.717, 1.165) is 50.8 Å². The largest absolute Gasteiger partial charge is 0.497 e. The summed E-state index contributed by atoms with van der Waals surface area (Å²) >= 11 is 1.76. The Labute approximate surface area is 265 Å². The molecule has 3 heterocycles. The second kappa shape index (κ2) is 11.8. The van der Waals surface area contributed by atoms with Crippen LogP contribution < -0.4 is 19.8 Å². The van der Waals surface area contributed by atoms with E-state index in [4.69, 9.17) is 4.74 Å². The van der Waals surface area contributed by atoms with Crippen LogP contribution in [-0.4, -0.2) is 39.6 Å². The number of carbonyl (C=O) groups is 3. The first-order valence-corrected chi connectivity index (χ1v) is 15.2. The number of benzene rings is 3. The van der Waals surface area contributed by atoms with Gasteiger partial charge in [0, 0.05) is 28.6 Å². The lowest BCUT2D eigenvalue weighted by atomic mass is 9.83. The smallest absolute Gasteiger partial charge is 0.416 e. The molecule has 3 aromatic carbocycles. The maximum absolute atomic E-state index is 14.0. The highest BCUT2D eigenvalue weighted by atomic mass is 32.2. The van der Waals surface area contributed by atoms with Gasteiger partial charge in [-0.15, -0.1) is 0 Å². The van der Waals surface area contributed by atoms with E-state index in [1.54, 1.807) is 24.3 Å². The van der Waals surface area contributed by atoms with Crippen LogP contribution in [0.4, 0.5) is 30.2 Å². The number of imide groups is 1. The minimum atomic E-state index is -4.62. The second-order valence-corrected chi connectivity index (χ2v) is 12.5. The SMILES string of the molecule is COc1ccc([C@H]2c3sc(=O)n(CC(=O)Nc4cccc(C(F)(F)F)c4)c3SC3C(=O)N(c4ccc([N+](=O)[O-])cc4)C(=O)C32)cc1. The molecule has 0 aliphatic carbocycles. The van der Waals surface area contributed by atoms with Gasteiger partial charge >= 0.3 is 11.0 Å². The minimum Gasteiger partial charge on any atom is -0.497 e. The number of hydrogen-bond donors (Lipinski definition) is 1. The number of ether oxygens (including phenoxy) is 1. The molecule has 1 aromatic heterocycles. The molecule has 0 bridgehead atoms. The van der Waals surface area contributed by atoms with Crippen LogP contribution in [0, 0.1) is 16.0 Å². The van der Waals surface area contributed by atoms with Gasteiger partial charge in [-0.25, -0.2) is 4.90 Å². The summed E-state index contributed by atoms with van der Waals surface area (Å²) in [5.74, 6) is -3.14. The molecule has 1 saturated heterocycles. The Morgan fingerprint density at radius 2 is 1.72 bits per heavy atom. The summed E-state index contributed by atoms with van der Waals surface area (Å²) in [6, 6.07) is 15.8. The monoisotopic (exact) mass is 670 g/mol. The zero-order valence-electron chi connectivity index (χ0n) is 23.5. The number of nitrogens with zero attached hydrogens (tertiary/aromatic N) is 3. The number of thiazole rings is 1. The minimum absolute atomic E-state index is 0.115. The summed E-state index contributed by atoms with van der Waals surface area (Å²) in [5, 5.41) is 12.8. The van der Waals surface area contributed by atoms with Gasteiger partial charge in [0.15, 0.2) is 0 Å². The van der Waals surface area contributed by atoms with E-state index in [9.17, 15) is 42.5 Å². The standard InChI is InChI=1S/C30H21F3N4O7S2/c1-44-20-11-5-15(6-12-20)22-23-24(27(40)36(26(23)39)18-7-9-19(10-8-18)37(42)43)45-28-25(22)46-29(41)35(28)14-21(38)34-17-4-2-3-16(13-17)30(31,32)33/h2-13,22-24H,14H2,1H3,(H,34,38)/t22-,23?,24?/m1/s1. The van der Waals surface area contributed by atoms with Crippen molar-refractivity contribution in [2.24, 2.45) is 5.92 Å². The molecule has 1 fully saturated rings. The van der Waals surface area contributed by atoms with E-state index in [-0.39, 0.29) is 22.1 Å². The highest BCUT2D eigenvalue weighted by Gasteiger charge is 2.57. The van der Waals surface area contributed by atoms with Crippen molar-refractivity contribution in [2.45, 2.75) is 28.9 Å². The summed E-state index contributed by atoms with van der Waals surface area (Å²) in [6.07, 6.45) is -4.62. The zero-order chi connectivity index (χ0) is 32.9. The van der Waals surface area contributed by atoms with Gasteiger partial charge in [-0.05, 0) is 48.0 Å². The number of amides is 3. The Kier molecular flexibility index (Phi) is 7.93. The first kappa shape index (κ1) is 31.0. The normalized spacial score (nSPS) is 19.0. The molecule has 6 rings (SSSR count). The van der Waals surface area contributed by atoms with E-state index in [0.29, 0.717) is 16.2 Å². The summed E-state index contributed by atoms with van der Waals surface area (Å²) < 4.78 is 45.9. The number of carbonyl (C=O) groups excluding carboxylic acids is 3. The molecule has 236 valence electrons. The summed E-state index contributed by atoms with van der Waals surface area (Å²) in [5.41, 5.74) is -0.547. The quantitative estimate of drug-likeness (QED) is 0.159. The Bertz CT molecular complexity index is 1940. The van der Waals surface area contributed by atoms with E-state index >= 15 is 0 Å². The topological polar surface area (TPSA) is 141 Å². The number of hydrogen-bond acceptors (Lipinski definition) is 9. The fraction of sp³-hybridized carbons (Fsp3) is 0.200. The number of thioether (sulfide) groups is 1. The molecule has 11 nitrogen and oxygen atoms in total. The summed E-state index contributed by atoms with van der Waals surface area (Å²) in [6.45, 7) is -0.561. The van der Waals surface area contributed by atoms with Crippen molar-refractivity contribution in [1.82, 2.24) is 4.57 Å². The van der Waals surface area contributed by atoms with Crippen molar-refractivity contribution >= 4 is 57.9 Å². The first-order valence-electron chi connectivity index (χ1n) is 13.5. The number of anilines is 2. The van der Waals surface area contributed by atoms with Crippen LogP contribution in [0.15, 0.2) is 82.6 Å². The average molecular weight is 671 g/mol. The highest BCUT2D eigenvalue weighted by Crippen LogP contribution is 2.54. The van der Waals surface area contributed by atoms with Crippen molar-refractivity contribution in [3.05, 3.63) is 109 Å². The molecule has 4 aromatic rings. The van der Waals surface area contributed by atoms with Crippen LogP contribution in [0.5, 0.6) is 5.75 Å². The fourth-order valence-electron chi connectivity index (χ4n) is 5.52. The van der Waals surface area contributed by atoms with Crippen LogP contribution >= 0.6 is 23.1 Å². The number of non-ortho nitro benzene ring substituents is 1. The van der Waals surface area contributed by atoms with Crippen molar-refractivity contribution in [3.63, 3.8) is 0 Å². The number of rotatable bonds is 7. The molecular weight excluding hydrogens is 649 g/mol. The van der Waals surface area contributed by atoms with E-state index in [1.807, 2.05) is 0 Å². The van der Waals surface area contributed by atoms with Gasteiger partial charge < -0.3 is 10.1 Å². The zero-order valence-corrected chi connectivity index (χ0v) is 25.2. The molecule has 0 radical (unpaired) electrons. The number of methoxy groups -OCH3 is 1. The lowest BCUT2D eigenvalue weighted by molar-refractivity contribution is -0.384. The molecular formula is C30H21F3N4O7S2. The first-order chi connectivity index (χ1) is 21.9.